The number of carbonyl (C=O) groups excluding carboxylic acids is 1. The number of unbranched alkanes of at least 4 members (excludes halogenated alkanes) is 1. The van der Waals surface area contributed by atoms with Gasteiger partial charge in [0.05, 0.1) is 16.9 Å². The van der Waals surface area contributed by atoms with Gasteiger partial charge in [-0.2, -0.15) is 13.2 Å². The molecule has 0 aliphatic carbocycles. The summed E-state index contributed by atoms with van der Waals surface area (Å²) < 4.78 is 32.6. The third-order valence-corrected chi connectivity index (χ3v) is 4.87. The van der Waals surface area contributed by atoms with Crippen molar-refractivity contribution in [2.75, 3.05) is 23.3 Å². The number of nitrogens with zero attached hydrogens (tertiary/aromatic N) is 1. The predicted molar refractivity (Wildman–Crippen MR) is 122 cm³/mol. The van der Waals surface area contributed by atoms with Crippen LogP contribution < -0.4 is 10.2 Å². The summed E-state index contributed by atoms with van der Waals surface area (Å²) in [6.45, 7) is 5.78. The van der Waals surface area contributed by atoms with Crippen LogP contribution in [0, 0.1) is 0 Å². The molecule has 0 heterocycles. The minimum atomic E-state index is -5.08. The van der Waals surface area contributed by atoms with E-state index in [4.69, 9.17) is 9.90 Å². The number of aliphatic carboxylic acids is 1. The number of aromatic carboxylic acids is 1. The minimum Gasteiger partial charge on any atom is -0.478 e. The van der Waals surface area contributed by atoms with E-state index in [1.165, 1.54) is 6.07 Å². The van der Waals surface area contributed by atoms with Crippen LogP contribution in [0.5, 0.6) is 0 Å². The number of carboxylic acid groups (broad SMARTS) is 2. The summed E-state index contributed by atoms with van der Waals surface area (Å²) in [5.41, 5.74) is 2.00. The van der Waals surface area contributed by atoms with Crippen molar-refractivity contribution >= 4 is 45.2 Å². The molecular formula is C22H24BrF3N2O5. The van der Waals surface area contributed by atoms with Crippen LogP contribution in [0.1, 0.15) is 47.4 Å². The monoisotopic (exact) mass is 532 g/mol. The van der Waals surface area contributed by atoms with E-state index in [2.05, 4.69) is 33.1 Å². The second-order valence-corrected chi connectivity index (χ2v) is 7.65. The van der Waals surface area contributed by atoms with Crippen LogP contribution >= 0.6 is 15.9 Å². The Morgan fingerprint density at radius 3 is 2.00 bits per heavy atom. The first-order valence-electron chi connectivity index (χ1n) is 9.90. The number of carboxylic acids is 2. The number of benzene rings is 2. The van der Waals surface area contributed by atoms with Crippen LogP contribution in [0.3, 0.4) is 0 Å². The smallest absolute Gasteiger partial charge is 0.478 e. The quantitative estimate of drug-likeness (QED) is 0.405. The van der Waals surface area contributed by atoms with Gasteiger partial charge in [-0.3, -0.25) is 4.79 Å². The van der Waals surface area contributed by atoms with Gasteiger partial charge in [-0.25, -0.2) is 9.59 Å². The summed E-state index contributed by atoms with van der Waals surface area (Å²) in [4.78, 5) is 35.0. The van der Waals surface area contributed by atoms with E-state index in [-0.39, 0.29) is 11.5 Å². The Kier molecular flexibility index (Phi) is 10.9. The number of hydrogen-bond acceptors (Lipinski definition) is 4. The summed E-state index contributed by atoms with van der Waals surface area (Å²) in [6, 6.07) is 11.9. The van der Waals surface area contributed by atoms with E-state index in [0.29, 0.717) is 11.3 Å². The summed E-state index contributed by atoms with van der Waals surface area (Å²) >= 11 is 3.35. The van der Waals surface area contributed by atoms with Crippen molar-refractivity contribution in [2.24, 2.45) is 0 Å². The maximum atomic E-state index is 12.6. The molecule has 0 saturated heterocycles. The molecule has 0 saturated carbocycles. The lowest BCUT2D eigenvalue weighted by Crippen LogP contribution is -2.26. The van der Waals surface area contributed by atoms with Gasteiger partial charge in [0.2, 0.25) is 0 Å². The van der Waals surface area contributed by atoms with E-state index < -0.39 is 18.1 Å². The number of alkyl halides is 3. The van der Waals surface area contributed by atoms with Crippen molar-refractivity contribution in [2.45, 2.75) is 32.9 Å². The van der Waals surface area contributed by atoms with Gasteiger partial charge in [-0.05, 0) is 55.8 Å². The number of rotatable bonds is 8. The van der Waals surface area contributed by atoms with Gasteiger partial charge in [0, 0.05) is 23.1 Å². The van der Waals surface area contributed by atoms with Crippen LogP contribution in [0.2, 0.25) is 0 Å². The lowest BCUT2D eigenvalue weighted by atomic mass is 10.1. The van der Waals surface area contributed by atoms with Gasteiger partial charge in [0.1, 0.15) is 0 Å². The zero-order valence-electron chi connectivity index (χ0n) is 17.9. The van der Waals surface area contributed by atoms with Crippen molar-refractivity contribution < 1.29 is 37.8 Å². The molecule has 0 bridgehead atoms. The van der Waals surface area contributed by atoms with Crippen LogP contribution in [0.25, 0.3) is 0 Å². The van der Waals surface area contributed by atoms with Crippen LogP contribution in [-0.4, -0.2) is 47.3 Å². The first-order chi connectivity index (χ1) is 15.4. The molecule has 0 fully saturated rings. The molecule has 2 aromatic carbocycles. The molecule has 2 aromatic rings. The van der Waals surface area contributed by atoms with Gasteiger partial charge >= 0.3 is 18.1 Å². The molecule has 180 valence electrons. The molecule has 0 unspecified atom stereocenters. The second kappa shape index (κ2) is 12.8. The lowest BCUT2D eigenvalue weighted by molar-refractivity contribution is -0.192. The Hall–Kier alpha value is -3.08. The number of amides is 1. The van der Waals surface area contributed by atoms with Gasteiger partial charge in [0.25, 0.3) is 5.91 Å². The highest BCUT2D eigenvalue weighted by Crippen LogP contribution is 2.28. The minimum absolute atomic E-state index is 0.145. The molecule has 0 spiro atoms. The van der Waals surface area contributed by atoms with E-state index in [1.54, 1.807) is 36.4 Å². The molecular weight excluding hydrogens is 509 g/mol. The van der Waals surface area contributed by atoms with Crippen molar-refractivity contribution in [3.8, 4) is 0 Å². The number of nitrogens with one attached hydrogen (secondary N) is 1. The number of carbonyl (C=O) groups is 3. The number of halogens is 4. The van der Waals surface area contributed by atoms with Crippen molar-refractivity contribution in [3.63, 3.8) is 0 Å². The van der Waals surface area contributed by atoms with E-state index in [0.717, 1.165) is 36.1 Å². The first-order valence-corrected chi connectivity index (χ1v) is 10.7. The summed E-state index contributed by atoms with van der Waals surface area (Å²) in [7, 11) is 0. The fraction of sp³-hybridized carbons (Fsp3) is 0.318. The number of anilines is 2. The van der Waals surface area contributed by atoms with Crippen molar-refractivity contribution in [1.82, 2.24) is 0 Å². The molecule has 11 heteroatoms. The van der Waals surface area contributed by atoms with E-state index in [9.17, 15) is 27.9 Å². The topological polar surface area (TPSA) is 107 Å². The maximum Gasteiger partial charge on any atom is 0.490 e. The molecule has 0 radical (unpaired) electrons. The molecule has 1 amide bonds. The largest absolute Gasteiger partial charge is 0.490 e. The third kappa shape index (κ3) is 9.13. The molecule has 3 N–H and O–H groups in total. The molecule has 0 aromatic heterocycles. The number of hydrogen-bond donors (Lipinski definition) is 3. The fourth-order valence-electron chi connectivity index (χ4n) is 2.64. The SMILES string of the molecule is CCCCN(CC)c1ccc(C(=O)O)cc1NC(=O)c1ccc(Br)cc1.O=C(O)C(F)(F)F. The van der Waals surface area contributed by atoms with Crippen LogP contribution in [-0.2, 0) is 4.79 Å². The molecule has 2 rings (SSSR count). The summed E-state index contributed by atoms with van der Waals surface area (Å²) in [5, 5.41) is 19.3. The second-order valence-electron chi connectivity index (χ2n) is 6.73. The van der Waals surface area contributed by atoms with Gasteiger partial charge in [-0.15, -0.1) is 0 Å². The fourth-order valence-corrected chi connectivity index (χ4v) is 2.90. The van der Waals surface area contributed by atoms with Crippen molar-refractivity contribution in [3.05, 3.63) is 58.1 Å². The van der Waals surface area contributed by atoms with E-state index in [1.807, 2.05) is 6.92 Å². The highest BCUT2D eigenvalue weighted by atomic mass is 79.9. The van der Waals surface area contributed by atoms with Gasteiger partial charge < -0.3 is 20.4 Å². The Morgan fingerprint density at radius 1 is 1.00 bits per heavy atom. The van der Waals surface area contributed by atoms with Gasteiger partial charge in [0.15, 0.2) is 0 Å². The Morgan fingerprint density at radius 2 is 1.55 bits per heavy atom. The predicted octanol–water partition coefficient (Wildman–Crippen LogP) is 5.66. The molecule has 7 nitrogen and oxygen atoms in total. The third-order valence-electron chi connectivity index (χ3n) is 4.34. The average molecular weight is 533 g/mol. The lowest BCUT2D eigenvalue weighted by Gasteiger charge is -2.26. The standard InChI is InChI=1S/C20H23BrN2O3.C2HF3O2/c1-3-5-12-23(4-2)18-11-8-15(20(25)26)13-17(18)22-19(24)14-6-9-16(21)10-7-14;3-2(4,5)1(6)7/h6-11,13H,3-5,12H2,1-2H3,(H,22,24)(H,25,26);(H,6,7). The first kappa shape index (κ1) is 28.0. The Bertz CT molecular complexity index is 965. The van der Waals surface area contributed by atoms with Gasteiger partial charge in [-0.1, -0.05) is 29.3 Å². The zero-order valence-corrected chi connectivity index (χ0v) is 19.5. The molecule has 0 aliphatic heterocycles. The van der Waals surface area contributed by atoms with Crippen LogP contribution in [0.4, 0.5) is 24.5 Å². The normalized spacial score (nSPS) is 10.6. The highest BCUT2D eigenvalue weighted by molar-refractivity contribution is 9.10. The average Bonchev–Trinajstić information content (AvgIpc) is 2.75. The zero-order chi connectivity index (χ0) is 25.2. The van der Waals surface area contributed by atoms with Crippen molar-refractivity contribution in [1.29, 1.82) is 0 Å². The Balaban J connectivity index is 0.000000675. The highest BCUT2D eigenvalue weighted by Gasteiger charge is 2.38. The summed E-state index contributed by atoms with van der Waals surface area (Å²) in [5.74, 6) is -4.05. The molecule has 33 heavy (non-hydrogen) atoms. The van der Waals surface area contributed by atoms with E-state index >= 15 is 0 Å². The molecule has 0 atom stereocenters. The van der Waals surface area contributed by atoms with Crippen LogP contribution in [0.15, 0.2) is 46.9 Å². The molecule has 0 aliphatic rings. The Labute approximate surface area is 197 Å². The summed E-state index contributed by atoms with van der Waals surface area (Å²) in [6.07, 6.45) is -3.00. The maximum absolute atomic E-state index is 12.6.